The first-order chi connectivity index (χ1) is 33.4. The maximum atomic E-state index is 8.98. The molecular weight excluding hydrogens is 713 g/mol. The molecule has 12 rings (SSSR count). The molecule has 1 nitrogen and oxygen atoms in total. The molecule has 0 saturated heterocycles. The van der Waals surface area contributed by atoms with Crippen molar-refractivity contribution in [3.8, 4) is 55.6 Å². The molecule has 0 fully saturated rings. The van der Waals surface area contributed by atoms with Crippen molar-refractivity contribution in [3.05, 3.63) is 218 Å². The quantitative estimate of drug-likeness (QED) is 0.126. The van der Waals surface area contributed by atoms with Crippen LogP contribution >= 0.6 is 0 Å². The number of hydrogen-bond acceptors (Lipinski definition) is 1. The van der Waals surface area contributed by atoms with Crippen LogP contribution in [0.2, 0.25) is 0 Å². The fourth-order valence-corrected chi connectivity index (χ4v) is 9.01. The number of hydrogen-bond donors (Lipinski definition) is 0. The maximum absolute atomic E-state index is 8.98. The molecule has 0 bridgehead atoms. The van der Waals surface area contributed by atoms with E-state index in [1.165, 1.54) is 0 Å². The van der Waals surface area contributed by atoms with Crippen molar-refractivity contribution in [2.75, 3.05) is 0 Å². The Bertz CT molecular complexity index is 4100. The summed E-state index contributed by atoms with van der Waals surface area (Å²) in [6.07, 6.45) is 0. The number of benzene rings is 11. The van der Waals surface area contributed by atoms with Crippen LogP contribution in [-0.2, 0) is 0 Å². The molecule has 0 aliphatic rings. The fourth-order valence-electron chi connectivity index (χ4n) is 9.01. The van der Waals surface area contributed by atoms with Crippen molar-refractivity contribution in [2.24, 2.45) is 0 Å². The van der Waals surface area contributed by atoms with Gasteiger partial charge in [0.1, 0.15) is 11.2 Å². The van der Waals surface area contributed by atoms with Gasteiger partial charge in [-0.15, -0.1) is 0 Å². The van der Waals surface area contributed by atoms with Gasteiger partial charge in [0.25, 0.3) is 0 Å². The normalized spacial score (nSPS) is 14.1. The zero-order chi connectivity index (χ0) is 47.6. The van der Waals surface area contributed by atoms with Crippen LogP contribution in [0.1, 0.15) is 13.7 Å². The van der Waals surface area contributed by atoms with Crippen molar-refractivity contribution < 1.29 is 18.1 Å². The van der Waals surface area contributed by atoms with Gasteiger partial charge in [-0.1, -0.05) is 188 Å². The second-order valence-corrected chi connectivity index (χ2v) is 14.8. The predicted octanol–water partition coefficient (Wildman–Crippen LogP) is 16.5. The summed E-state index contributed by atoms with van der Waals surface area (Å²) in [7, 11) is 0. The highest BCUT2D eigenvalue weighted by Crippen LogP contribution is 2.46. The molecule has 1 heterocycles. The first-order valence-electron chi connectivity index (χ1n) is 24.5. The first kappa shape index (κ1) is 24.8. The lowest BCUT2D eigenvalue weighted by molar-refractivity contribution is 0.670. The van der Waals surface area contributed by atoms with Gasteiger partial charge in [-0.2, -0.15) is 0 Å². The van der Waals surface area contributed by atoms with E-state index in [-0.39, 0.29) is 47.4 Å². The van der Waals surface area contributed by atoms with E-state index in [4.69, 9.17) is 18.1 Å². The molecule has 1 heteroatoms. The van der Waals surface area contributed by atoms with Crippen molar-refractivity contribution in [1.82, 2.24) is 0 Å². The van der Waals surface area contributed by atoms with Crippen LogP contribution in [0, 0.1) is 0 Å². The molecule has 12 aromatic rings. The molecule has 0 aliphatic carbocycles. The van der Waals surface area contributed by atoms with Gasteiger partial charge >= 0.3 is 0 Å². The minimum atomic E-state index is -0.442. The summed E-state index contributed by atoms with van der Waals surface area (Å²) in [4.78, 5) is 0. The van der Waals surface area contributed by atoms with Gasteiger partial charge in [0.05, 0.1) is 13.7 Å². The van der Waals surface area contributed by atoms with Gasteiger partial charge in [-0.25, -0.2) is 0 Å². The molecule has 0 amide bonds. The summed E-state index contributed by atoms with van der Waals surface area (Å²) in [5, 5.41) is 9.29. The van der Waals surface area contributed by atoms with E-state index >= 15 is 0 Å². The summed E-state index contributed by atoms with van der Waals surface area (Å²) < 4.78 is 91.7. The Kier molecular flexibility index (Phi) is 5.65. The molecule has 274 valence electrons. The Hall–Kier alpha value is -7.74. The Morgan fingerprint density at radius 1 is 0.305 bits per heavy atom. The smallest absolute Gasteiger partial charge is 0.143 e. The van der Waals surface area contributed by atoms with Gasteiger partial charge in [0.15, 0.2) is 0 Å². The van der Waals surface area contributed by atoms with Crippen LogP contribution in [0.3, 0.4) is 0 Å². The van der Waals surface area contributed by atoms with Crippen LogP contribution < -0.4 is 0 Å². The summed E-state index contributed by atoms with van der Waals surface area (Å²) >= 11 is 0. The van der Waals surface area contributed by atoms with E-state index < -0.39 is 24.2 Å². The van der Waals surface area contributed by atoms with Gasteiger partial charge in [-0.3, -0.25) is 0 Å². The van der Waals surface area contributed by atoms with E-state index in [1.807, 2.05) is 78.9 Å². The monoisotopic (exact) mass is 758 g/mol. The van der Waals surface area contributed by atoms with E-state index in [1.54, 1.807) is 6.07 Å². The Labute approximate surface area is 356 Å². The maximum Gasteiger partial charge on any atom is 0.143 e. The molecule has 59 heavy (non-hydrogen) atoms. The molecule has 0 atom stereocenters. The predicted molar refractivity (Wildman–Crippen MR) is 251 cm³/mol. The van der Waals surface area contributed by atoms with E-state index in [2.05, 4.69) is 72.8 Å². The van der Waals surface area contributed by atoms with Crippen LogP contribution in [0.4, 0.5) is 0 Å². The van der Waals surface area contributed by atoms with Gasteiger partial charge < -0.3 is 4.42 Å². The van der Waals surface area contributed by atoms with Crippen LogP contribution in [0.25, 0.3) is 121 Å². The Balaban J connectivity index is 1.02. The zero-order valence-electron chi connectivity index (χ0n) is 41.4. The fraction of sp³-hybridized carbons (Fsp3) is 0. The molecule has 0 spiro atoms. The van der Waals surface area contributed by atoms with E-state index in [9.17, 15) is 0 Å². The summed E-state index contributed by atoms with van der Waals surface area (Å²) in [6.45, 7) is 0. The van der Waals surface area contributed by atoms with Crippen LogP contribution in [0.15, 0.2) is 223 Å². The van der Waals surface area contributed by atoms with E-state index in [0.29, 0.717) is 22.3 Å². The van der Waals surface area contributed by atoms with Gasteiger partial charge in [0.2, 0.25) is 0 Å². The largest absolute Gasteiger partial charge is 0.455 e. The van der Waals surface area contributed by atoms with Crippen LogP contribution in [-0.4, -0.2) is 0 Å². The number of rotatable bonds is 5. The highest BCUT2D eigenvalue weighted by molar-refractivity contribution is 6.23. The third kappa shape index (κ3) is 5.40. The average Bonchev–Trinajstić information content (AvgIpc) is 3.77. The van der Waals surface area contributed by atoms with Crippen molar-refractivity contribution in [3.63, 3.8) is 0 Å². The second kappa shape index (κ2) is 13.4. The van der Waals surface area contributed by atoms with Crippen molar-refractivity contribution in [1.29, 1.82) is 0 Å². The van der Waals surface area contributed by atoms with Crippen LogP contribution in [0.5, 0.6) is 0 Å². The lowest BCUT2D eigenvalue weighted by atomic mass is 9.84. The molecule has 0 aliphatic heterocycles. The SMILES string of the molecule is [2H]c1c([2H])c([2H])c(-c2c3ccccc3c(-c3ccc4c(-c5cccc(-c6ccc7oc8c(-c9c([2H])c([2H])c([2H])c([2H])c9[2H])cccc8c7c6)c5)cc5ccccc5c4c3)c3ccccc23)c([2H])c1[2H]. The van der Waals surface area contributed by atoms with Crippen molar-refractivity contribution >= 4 is 65.0 Å². The Morgan fingerprint density at radius 3 is 1.59 bits per heavy atom. The number of furan rings is 1. The summed E-state index contributed by atoms with van der Waals surface area (Å²) in [5.74, 6) is 0. The van der Waals surface area contributed by atoms with Gasteiger partial charge in [-0.05, 0) is 123 Å². The highest BCUT2D eigenvalue weighted by Gasteiger charge is 2.19. The summed E-state index contributed by atoms with van der Waals surface area (Å²) in [6, 6.07) is 49.5. The first-order valence-corrected chi connectivity index (χ1v) is 19.5. The number of fused-ring (bicyclic) bond motifs is 8. The second-order valence-electron chi connectivity index (χ2n) is 14.8. The standard InChI is InChI=1S/C58H36O/c1-3-15-37(16-4-1)45-27-14-28-51-54-34-40(30-32-55(54)59-58(45)51)39-20-13-21-41(33-39)52-35-42-19-7-8-22-44(42)53-36-43(29-31-46(52)53)57-49-25-11-9-23-47(49)56(38-17-5-2-6-18-38)48-24-10-12-26-50(48)57/h1-36H/i1D,2D,3D,4D,5D,6D,15D,16D,17D,18D. The number of para-hydroxylation sites is 1. The lowest BCUT2D eigenvalue weighted by Gasteiger charge is -2.19. The molecule has 0 N–H and O–H groups in total. The minimum absolute atomic E-state index is 0.0973. The molecule has 1 aromatic heterocycles. The average molecular weight is 759 g/mol. The Morgan fingerprint density at radius 2 is 0.864 bits per heavy atom. The van der Waals surface area contributed by atoms with Crippen molar-refractivity contribution in [2.45, 2.75) is 0 Å². The molecule has 0 unspecified atom stereocenters. The third-order valence-corrected chi connectivity index (χ3v) is 11.6. The third-order valence-electron chi connectivity index (χ3n) is 11.6. The molecule has 0 radical (unpaired) electrons. The highest BCUT2D eigenvalue weighted by atomic mass is 16.3. The lowest BCUT2D eigenvalue weighted by Crippen LogP contribution is -1.91. The minimum Gasteiger partial charge on any atom is -0.455 e. The van der Waals surface area contributed by atoms with E-state index in [0.717, 1.165) is 87.2 Å². The summed E-state index contributed by atoms with van der Waals surface area (Å²) in [5.41, 5.74) is 8.37. The molecular formula is C58H36O. The molecule has 0 saturated carbocycles. The molecule has 11 aromatic carbocycles. The zero-order valence-corrected chi connectivity index (χ0v) is 31.4. The topological polar surface area (TPSA) is 13.1 Å². The van der Waals surface area contributed by atoms with Gasteiger partial charge in [0, 0.05) is 16.3 Å².